The zero-order valence-electron chi connectivity index (χ0n) is 12.7. The highest BCUT2D eigenvalue weighted by Gasteiger charge is 2.30. The molecule has 0 heterocycles. The summed E-state index contributed by atoms with van der Waals surface area (Å²) >= 11 is 0. The van der Waals surface area contributed by atoms with Crippen molar-refractivity contribution in [2.75, 3.05) is 0 Å². The summed E-state index contributed by atoms with van der Waals surface area (Å²) in [6.45, 7) is 4.78. The van der Waals surface area contributed by atoms with Gasteiger partial charge in [-0.3, -0.25) is 0 Å². The molecule has 2 aliphatic rings. The summed E-state index contributed by atoms with van der Waals surface area (Å²) in [7, 11) is 0. The van der Waals surface area contributed by atoms with Crippen molar-refractivity contribution >= 4 is 0 Å². The molecule has 2 N–H and O–H groups in total. The van der Waals surface area contributed by atoms with Gasteiger partial charge in [0.15, 0.2) is 0 Å². The summed E-state index contributed by atoms with van der Waals surface area (Å²) in [6, 6.07) is 6.97. The smallest absolute Gasteiger partial charge is 0.115 e. The summed E-state index contributed by atoms with van der Waals surface area (Å²) in [4.78, 5) is 0. The van der Waals surface area contributed by atoms with Crippen LogP contribution in [0.25, 0.3) is 0 Å². The van der Waals surface area contributed by atoms with Gasteiger partial charge >= 0.3 is 0 Å². The Hall–Kier alpha value is -1.02. The van der Waals surface area contributed by atoms with Crippen LogP contribution in [0.5, 0.6) is 5.75 Å². The first kappa shape index (κ1) is 13.9. The topological polar surface area (TPSA) is 32.3 Å². The van der Waals surface area contributed by atoms with E-state index in [1.54, 1.807) is 0 Å². The van der Waals surface area contributed by atoms with Crippen molar-refractivity contribution in [1.82, 2.24) is 5.32 Å². The molecule has 2 aliphatic carbocycles. The van der Waals surface area contributed by atoms with Crippen molar-refractivity contribution in [3.63, 3.8) is 0 Å². The van der Waals surface area contributed by atoms with Gasteiger partial charge in [0, 0.05) is 12.1 Å². The largest absolute Gasteiger partial charge is 0.508 e. The number of hydrogen-bond donors (Lipinski definition) is 2. The van der Waals surface area contributed by atoms with Crippen molar-refractivity contribution in [2.24, 2.45) is 11.8 Å². The van der Waals surface area contributed by atoms with Crippen LogP contribution in [0.4, 0.5) is 0 Å². The van der Waals surface area contributed by atoms with Crippen LogP contribution in [-0.2, 0) is 6.42 Å². The maximum absolute atomic E-state index is 9.78. The Morgan fingerprint density at radius 2 is 1.95 bits per heavy atom. The Morgan fingerprint density at radius 3 is 2.80 bits per heavy atom. The summed E-state index contributed by atoms with van der Waals surface area (Å²) in [5.74, 6) is 1.99. The number of fused-ring (bicyclic) bond motifs is 1. The number of phenols is 1. The average Bonchev–Trinajstić information content (AvgIpc) is 2.44. The van der Waals surface area contributed by atoms with E-state index in [0.717, 1.165) is 18.3 Å². The van der Waals surface area contributed by atoms with Gasteiger partial charge in [-0.05, 0) is 60.8 Å². The predicted molar refractivity (Wildman–Crippen MR) is 82.9 cm³/mol. The van der Waals surface area contributed by atoms with Gasteiger partial charge in [-0.1, -0.05) is 32.8 Å². The van der Waals surface area contributed by atoms with Gasteiger partial charge in [0.2, 0.25) is 0 Å². The third-order valence-electron chi connectivity index (χ3n) is 5.57. The van der Waals surface area contributed by atoms with Gasteiger partial charge in [0.05, 0.1) is 0 Å². The minimum absolute atomic E-state index is 0.405. The number of hydrogen-bond acceptors (Lipinski definition) is 2. The summed E-state index contributed by atoms with van der Waals surface area (Å²) in [6.07, 6.45) is 7.64. The van der Waals surface area contributed by atoms with Crippen LogP contribution in [0, 0.1) is 11.8 Å². The molecule has 20 heavy (non-hydrogen) atoms. The molecule has 1 fully saturated rings. The second kappa shape index (κ2) is 5.77. The van der Waals surface area contributed by atoms with Gasteiger partial charge in [0.25, 0.3) is 0 Å². The van der Waals surface area contributed by atoms with E-state index in [-0.39, 0.29) is 0 Å². The molecule has 0 aliphatic heterocycles. The molecular weight excluding hydrogens is 246 g/mol. The number of aryl methyl sites for hydroxylation is 1. The Bertz CT molecular complexity index is 470. The quantitative estimate of drug-likeness (QED) is 0.847. The second-order valence-electron chi connectivity index (χ2n) is 6.87. The summed E-state index contributed by atoms with van der Waals surface area (Å²) in [5, 5.41) is 13.7. The van der Waals surface area contributed by atoms with Crippen LogP contribution in [0.15, 0.2) is 18.2 Å². The molecule has 0 amide bonds. The molecule has 0 spiro atoms. The fraction of sp³-hybridized carbons (Fsp3) is 0.667. The second-order valence-corrected chi connectivity index (χ2v) is 6.87. The normalized spacial score (nSPS) is 33.7. The molecular formula is C18H27NO. The van der Waals surface area contributed by atoms with E-state index in [2.05, 4.69) is 25.2 Å². The van der Waals surface area contributed by atoms with Crippen molar-refractivity contribution in [3.8, 4) is 5.75 Å². The maximum atomic E-state index is 9.78. The van der Waals surface area contributed by atoms with Crippen LogP contribution >= 0.6 is 0 Å². The van der Waals surface area contributed by atoms with E-state index in [9.17, 15) is 5.11 Å². The Labute approximate surface area is 122 Å². The van der Waals surface area contributed by atoms with Crippen LogP contribution in [-0.4, -0.2) is 11.1 Å². The summed E-state index contributed by atoms with van der Waals surface area (Å²) in [5.41, 5.74) is 2.75. The SMILES string of the molecule is CC1CCCC(NC2CCCc3ccc(O)cc32)C1C. The molecule has 0 radical (unpaired) electrons. The lowest BCUT2D eigenvalue weighted by Crippen LogP contribution is -2.43. The van der Waals surface area contributed by atoms with Gasteiger partial charge < -0.3 is 10.4 Å². The highest BCUT2D eigenvalue weighted by Crippen LogP contribution is 2.36. The monoisotopic (exact) mass is 273 g/mol. The van der Waals surface area contributed by atoms with Crippen LogP contribution in [0.2, 0.25) is 0 Å². The minimum Gasteiger partial charge on any atom is -0.508 e. The molecule has 1 aromatic rings. The maximum Gasteiger partial charge on any atom is 0.115 e. The van der Waals surface area contributed by atoms with E-state index < -0.39 is 0 Å². The lowest BCUT2D eigenvalue weighted by Gasteiger charge is -2.38. The van der Waals surface area contributed by atoms with Crippen LogP contribution in [0.3, 0.4) is 0 Å². The molecule has 2 heteroatoms. The van der Waals surface area contributed by atoms with E-state index in [0.29, 0.717) is 17.8 Å². The minimum atomic E-state index is 0.405. The molecule has 0 bridgehead atoms. The number of nitrogens with one attached hydrogen (secondary N) is 1. The first-order valence-corrected chi connectivity index (χ1v) is 8.23. The molecule has 0 saturated heterocycles. The van der Waals surface area contributed by atoms with E-state index in [1.165, 1.54) is 43.2 Å². The van der Waals surface area contributed by atoms with E-state index >= 15 is 0 Å². The zero-order valence-corrected chi connectivity index (χ0v) is 12.7. The number of phenolic OH excluding ortho intramolecular Hbond substituents is 1. The Morgan fingerprint density at radius 1 is 1.10 bits per heavy atom. The average molecular weight is 273 g/mol. The molecule has 1 saturated carbocycles. The van der Waals surface area contributed by atoms with Gasteiger partial charge in [0.1, 0.15) is 5.75 Å². The van der Waals surface area contributed by atoms with Gasteiger partial charge in [-0.15, -0.1) is 0 Å². The predicted octanol–water partition coefficient (Wildman–Crippen LogP) is 4.18. The number of aromatic hydroxyl groups is 1. The molecule has 4 atom stereocenters. The zero-order chi connectivity index (χ0) is 14.1. The van der Waals surface area contributed by atoms with E-state index in [4.69, 9.17) is 0 Å². The van der Waals surface area contributed by atoms with Crippen LogP contribution in [0.1, 0.15) is 63.1 Å². The molecule has 3 rings (SSSR count). The van der Waals surface area contributed by atoms with Crippen molar-refractivity contribution in [2.45, 2.75) is 64.5 Å². The molecule has 0 aromatic heterocycles. The molecule has 2 nitrogen and oxygen atoms in total. The lowest BCUT2D eigenvalue weighted by molar-refractivity contribution is 0.189. The van der Waals surface area contributed by atoms with Crippen molar-refractivity contribution < 1.29 is 5.11 Å². The Balaban J connectivity index is 1.77. The Kier molecular flexibility index (Phi) is 4.02. The fourth-order valence-corrected chi connectivity index (χ4v) is 4.04. The summed E-state index contributed by atoms with van der Waals surface area (Å²) < 4.78 is 0. The number of benzene rings is 1. The standard InChI is InChI=1S/C18H27NO/c1-12-5-3-7-17(13(12)2)19-18-8-4-6-14-9-10-15(20)11-16(14)18/h9-13,17-20H,3-8H2,1-2H3. The fourth-order valence-electron chi connectivity index (χ4n) is 4.04. The van der Waals surface area contributed by atoms with Gasteiger partial charge in [-0.2, -0.15) is 0 Å². The van der Waals surface area contributed by atoms with Crippen LogP contribution < -0.4 is 5.32 Å². The molecule has 4 unspecified atom stereocenters. The highest BCUT2D eigenvalue weighted by atomic mass is 16.3. The highest BCUT2D eigenvalue weighted by molar-refractivity contribution is 5.38. The first-order chi connectivity index (χ1) is 9.65. The van der Waals surface area contributed by atoms with Gasteiger partial charge in [-0.25, -0.2) is 0 Å². The van der Waals surface area contributed by atoms with Crippen molar-refractivity contribution in [1.29, 1.82) is 0 Å². The third-order valence-corrected chi connectivity index (χ3v) is 5.57. The lowest BCUT2D eigenvalue weighted by atomic mass is 9.77. The number of rotatable bonds is 2. The molecule has 110 valence electrons. The first-order valence-electron chi connectivity index (χ1n) is 8.23. The third kappa shape index (κ3) is 2.71. The molecule has 1 aromatic carbocycles. The van der Waals surface area contributed by atoms with Crippen molar-refractivity contribution in [3.05, 3.63) is 29.3 Å². The van der Waals surface area contributed by atoms with E-state index in [1.807, 2.05) is 12.1 Å².